The Bertz CT molecular complexity index is 1360. The van der Waals surface area contributed by atoms with Crippen molar-refractivity contribution in [1.29, 1.82) is 5.26 Å². The molecule has 8 heteroatoms. The fourth-order valence-corrected chi connectivity index (χ4v) is 5.23. The molecule has 0 saturated heterocycles. The molecule has 3 N–H and O–H groups in total. The summed E-state index contributed by atoms with van der Waals surface area (Å²) in [7, 11) is 0. The standard InChI is InChI=1S/C29H31N3O4S/c1-4-37-25(31-17-15-26(33)34)14-10-20(19-30)9-13-24-29(2,3)28-22-8-6-5-7-21(22)11-12-23(28)32(24)18-16-27(35)36/h5-14H,4,15-18H2,1-3H3,(H2,33,34,35,36)/p+1. The van der Waals surface area contributed by atoms with Gasteiger partial charge in [-0.25, -0.2) is 0 Å². The zero-order valence-corrected chi connectivity index (χ0v) is 22.1. The zero-order valence-electron chi connectivity index (χ0n) is 21.3. The number of nitrogens with one attached hydrogen (secondary N) is 1. The average molecular weight is 519 g/mol. The predicted octanol–water partition coefficient (Wildman–Crippen LogP) is 5.36. The van der Waals surface area contributed by atoms with Crippen LogP contribution in [-0.4, -0.2) is 51.3 Å². The molecule has 0 fully saturated rings. The van der Waals surface area contributed by atoms with Crippen LogP contribution < -0.4 is 5.32 Å². The Morgan fingerprint density at radius 2 is 1.84 bits per heavy atom. The molecule has 0 unspecified atom stereocenters. The van der Waals surface area contributed by atoms with Gasteiger partial charge < -0.3 is 15.5 Å². The Balaban J connectivity index is 2.00. The Morgan fingerprint density at radius 1 is 1.11 bits per heavy atom. The molecule has 7 nitrogen and oxygen atoms in total. The number of hydrogen-bond donors (Lipinski definition) is 3. The summed E-state index contributed by atoms with van der Waals surface area (Å²) in [5, 5.41) is 34.2. The van der Waals surface area contributed by atoms with E-state index in [2.05, 4.69) is 43.4 Å². The minimum Gasteiger partial charge on any atom is -0.481 e. The van der Waals surface area contributed by atoms with Gasteiger partial charge in [-0.05, 0) is 54.7 Å². The molecule has 0 aromatic heterocycles. The monoisotopic (exact) mass is 518 g/mol. The van der Waals surface area contributed by atoms with E-state index in [1.165, 1.54) is 11.8 Å². The summed E-state index contributed by atoms with van der Waals surface area (Å²) in [6, 6.07) is 14.5. The maximum Gasteiger partial charge on any atom is 0.309 e. The van der Waals surface area contributed by atoms with Gasteiger partial charge in [-0.1, -0.05) is 31.2 Å². The molecule has 0 saturated carbocycles. The number of hydrogen-bond acceptors (Lipinski definition) is 5. The molecule has 2 aromatic rings. The van der Waals surface area contributed by atoms with Crippen molar-refractivity contribution in [3.8, 4) is 6.07 Å². The molecule has 0 bridgehead atoms. The van der Waals surface area contributed by atoms with Crippen molar-refractivity contribution in [3.63, 3.8) is 0 Å². The lowest BCUT2D eigenvalue weighted by atomic mass is 9.79. The molecule has 0 spiro atoms. The third kappa shape index (κ3) is 6.69. The summed E-state index contributed by atoms with van der Waals surface area (Å²) < 4.78 is 2.04. The van der Waals surface area contributed by atoms with E-state index in [0.29, 0.717) is 18.7 Å². The largest absolute Gasteiger partial charge is 0.481 e. The Labute approximate surface area is 221 Å². The van der Waals surface area contributed by atoms with Gasteiger partial charge in [-0.15, -0.1) is 11.8 Å². The van der Waals surface area contributed by atoms with E-state index in [-0.39, 0.29) is 12.8 Å². The summed E-state index contributed by atoms with van der Waals surface area (Å²) in [6.45, 7) is 6.86. The second-order valence-electron chi connectivity index (χ2n) is 9.09. The summed E-state index contributed by atoms with van der Waals surface area (Å²) in [4.78, 5) is 22.2. The first-order chi connectivity index (χ1) is 17.7. The number of nitrogens with zero attached hydrogens (tertiary/aromatic N) is 2. The van der Waals surface area contributed by atoms with E-state index in [4.69, 9.17) is 5.11 Å². The molecule has 0 aliphatic carbocycles. The molecule has 37 heavy (non-hydrogen) atoms. The molecule has 1 aliphatic heterocycles. The van der Waals surface area contributed by atoms with Crippen LogP contribution in [0.15, 0.2) is 71.3 Å². The van der Waals surface area contributed by atoms with Crippen LogP contribution in [0.2, 0.25) is 0 Å². The van der Waals surface area contributed by atoms with Gasteiger partial charge in [0.2, 0.25) is 5.69 Å². The van der Waals surface area contributed by atoms with Gasteiger partial charge in [-0.2, -0.15) is 9.84 Å². The lowest BCUT2D eigenvalue weighted by Gasteiger charge is -2.17. The molecule has 0 atom stereocenters. The normalized spacial score (nSPS) is 15.2. The highest BCUT2D eigenvalue weighted by Crippen LogP contribution is 2.44. The van der Waals surface area contributed by atoms with Crippen LogP contribution in [0.4, 0.5) is 5.69 Å². The quantitative estimate of drug-likeness (QED) is 0.197. The van der Waals surface area contributed by atoms with Crippen LogP contribution in [0.5, 0.6) is 0 Å². The van der Waals surface area contributed by atoms with Gasteiger partial charge in [0.25, 0.3) is 0 Å². The number of aliphatic carboxylic acids is 2. The van der Waals surface area contributed by atoms with Crippen molar-refractivity contribution in [1.82, 2.24) is 5.32 Å². The van der Waals surface area contributed by atoms with Crippen LogP contribution in [-0.2, 0) is 15.0 Å². The number of carbonyl (C=O) groups is 2. The number of carboxylic acid groups (broad SMARTS) is 2. The highest BCUT2D eigenvalue weighted by molar-refractivity contribution is 8.02. The first kappa shape index (κ1) is 27.8. The van der Waals surface area contributed by atoms with Crippen molar-refractivity contribution >= 4 is 45.9 Å². The number of benzene rings is 2. The molecule has 0 amide bonds. The van der Waals surface area contributed by atoms with Gasteiger partial charge in [0.05, 0.1) is 28.5 Å². The van der Waals surface area contributed by atoms with Crippen molar-refractivity contribution in [2.24, 2.45) is 0 Å². The number of nitriles is 1. The predicted molar refractivity (Wildman–Crippen MR) is 148 cm³/mol. The van der Waals surface area contributed by atoms with E-state index in [9.17, 15) is 20.0 Å². The fraction of sp³-hybridized carbons (Fsp3) is 0.310. The third-order valence-corrected chi connectivity index (χ3v) is 7.09. The third-order valence-electron chi connectivity index (χ3n) is 6.21. The molecular formula is C29H32N3O4S+. The molecule has 3 rings (SSSR count). The number of carboxylic acids is 2. The average Bonchev–Trinajstić information content (AvgIpc) is 3.08. The first-order valence-corrected chi connectivity index (χ1v) is 13.1. The Morgan fingerprint density at radius 3 is 2.51 bits per heavy atom. The molecular weight excluding hydrogens is 486 g/mol. The van der Waals surface area contributed by atoms with Crippen LogP contribution in [0.25, 0.3) is 10.8 Å². The second-order valence-corrected chi connectivity index (χ2v) is 10.4. The second kappa shape index (κ2) is 12.4. The van der Waals surface area contributed by atoms with Gasteiger partial charge in [-0.3, -0.25) is 9.59 Å². The van der Waals surface area contributed by atoms with Gasteiger partial charge in [0, 0.05) is 24.3 Å². The highest BCUT2D eigenvalue weighted by Gasteiger charge is 2.45. The highest BCUT2D eigenvalue weighted by atomic mass is 32.2. The van der Waals surface area contributed by atoms with E-state index < -0.39 is 17.4 Å². The number of thioether (sulfide) groups is 1. The number of fused-ring (bicyclic) bond motifs is 3. The summed E-state index contributed by atoms with van der Waals surface area (Å²) in [6.07, 6.45) is 7.14. The lowest BCUT2D eigenvalue weighted by molar-refractivity contribution is -0.436. The number of allylic oxidation sites excluding steroid dienone is 5. The topological polar surface area (TPSA) is 113 Å². The SMILES string of the molecule is CCSC(=CC=C(C#N)C=CC1=[N+](CCC(=O)O)c2ccc3ccccc3c2C1(C)C)NCCC(=O)O. The van der Waals surface area contributed by atoms with Crippen LogP contribution >= 0.6 is 11.8 Å². The van der Waals surface area contributed by atoms with Crippen LogP contribution in [0.1, 0.15) is 39.2 Å². The van der Waals surface area contributed by atoms with Crippen LogP contribution in [0, 0.1) is 11.3 Å². The van der Waals surface area contributed by atoms with Crippen molar-refractivity contribution < 1.29 is 24.4 Å². The molecule has 1 heterocycles. The summed E-state index contributed by atoms with van der Waals surface area (Å²) in [5.41, 5.74) is 3.06. The first-order valence-electron chi connectivity index (χ1n) is 12.2. The smallest absolute Gasteiger partial charge is 0.309 e. The van der Waals surface area contributed by atoms with E-state index >= 15 is 0 Å². The molecule has 192 valence electrons. The maximum absolute atomic E-state index is 11.4. The molecule has 1 aliphatic rings. The van der Waals surface area contributed by atoms with Gasteiger partial charge in [0.1, 0.15) is 6.42 Å². The molecule has 2 aromatic carbocycles. The van der Waals surface area contributed by atoms with E-state index in [1.807, 2.05) is 35.8 Å². The molecule has 0 radical (unpaired) electrons. The fourth-order valence-electron chi connectivity index (χ4n) is 4.55. The minimum atomic E-state index is -0.873. The Hall–Kier alpha value is -3.83. The van der Waals surface area contributed by atoms with Gasteiger partial charge >= 0.3 is 11.9 Å². The lowest BCUT2D eigenvalue weighted by Crippen LogP contribution is -2.28. The maximum atomic E-state index is 11.4. The van der Waals surface area contributed by atoms with E-state index in [0.717, 1.165) is 38.5 Å². The zero-order chi connectivity index (χ0) is 27.0. The van der Waals surface area contributed by atoms with Gasteiger partial charge in [0.15, 0.2) is 12.3 Å². The van der Waals surface area contributed by atoms with Crippen molar-refractivity contribution in [2.75, 3.05) is 18.8 Å². The van der Waals surface area contributed by atoms with Crippen molar-refractivity contribution in [3.05, 3.63) is 76.9 Å². The minimum absolute atomic E-state index is 0.00512. The summed E-state index contributed by atoms with van der Waals surface area (Å²) >= 11 is 1.54. The van der Waals surface area contributed by atoms with Crippen LogP contribution in [0.3, 0.4) is 0 Å². The summed E-state index contributed by atoms with van der Waals surface area (Å²) in [5.74, 6) is -0.939. The number of rotatable bonds is 12. The Kier molecular flexibility index (Phi) is 9.31. The van der Waals surface area contributed by atoms with E-state index in [1.54, 1.807) is 18.2 Å². The van der Waals surface area contributed by atoms with Crippen molar-refractivity contribution in [2.45, 2.75) is 39.0 Å².